The van der Waals surface area contributed by atoms with E-state index in [0.29, 0.717) is 114 Å². The molecule has 0 saturated carbocycles. The molecule has 4 bridgehead atoms. The van der Waals surface area contributed by atoms with Gasteiger partial charge in [-0.2, -0.15) is 10.2 Å². The Kier molecular flexibility index (Phi) is 17.7. The number of fused-ring (bicyclic) bond motifs is 3. The largest absolute Gasteiger partial charge is 0.483 e. The number of carbonyl (C=O) groups excluding carboxylic acids is 5. The second-order valence-corrected chi connectivity index (χ2v) is 21.2. The number of benzene rings is 4. The number of amides is 5. The van der Waals surface area contributed by atoms with Gasteiger partial charge in [-0.1, -0.05) is 54.4 Å². The normalized spacial score (nSPS) is 17.2. The number of nitrogens with zero attached hydrogens (tertiary/aromatic N) is 10. The number of carboxylic acid groups (broad SMARTS) is 1. The fraction of sp³-hybridized carbons (Fsp3) is 0.383. The molecule has 4 aromatic carbocycles. The average molecular weight is 1130 g/mol. The minimum atomic E-state index is -0.454. The van der Waals surface area contributed by atoms with E-state index in [-0.39, 0.29) is 78.5 Å². The van der Waals surface area contributed by atoms with Gasteiger partial charge in [0.05, 0.1) is 41.8 Å². The quantitative estimate of drug-likeness (QED) is 0.0285. The number of likely N-dealkylation sites (tertiary alicyclic amines) is 1. The van der Waals surface area contributed by atoms with Crippen LogP contribution in [-0.4, -0.2) is 131 Å². The molecule has 23 heteroatoms. The predicted octanol–water partition coefficient (Wildman–Crippen LogP) is 7.28. The van der Waals surface area contributed by atoms with E-state index in [2.05, 4.69) is 25.9 Å². The van der Waals surface area contributed by atoms with Gasteiger partial charge in [0.1, 0.15) is 60.3 Å². The van der Waals surface area contributed by atoms with Crippen molar-refractivity contribution in [2.24, 2.45) is 0 Å². The van der Waals surface area contributed by atoms with Crippen molar-refractivity contribution in [3.05, 3.63) is 109 Å². The molecule has 2 fully saturated rings. The zero-order valence-corrected chi connectivity index (χ0v) is 46.3. The topological polar surface area (TPSA) is 276 Å². The van der Waals surface area contributed by atoms with Crippen molar-refractivity contribution in [2.75, 3.05) is 51.5 Å². The summed E-state index contributed by atoms with van der Waals surface area (Å²) in [5.41, 5.74) is 11.6. The van der Waals surface area contributed by atoms with Gasteiger partial charge in [-0.3, -0.25) is 28.7 Å². The molecule has 4 aliphatic rings. The molecule has 432 valence electrons. The summed E-state index contributed by atoms with van der Waals surface area (Å²) in [5, 5.41) is 32.0. The first-order chi connectivity index (χ1) is 40.4. The van der Waals surface area contributed by atoms with Crippen LogP contribution in [0.3, 0.4) is 0 Å². The monoisotopic (exact) mass is 1130 g/mol. The first-order valence-corrected chi connectivity index (χ1v) is 28.5. The maximum atomic E-state index is 16.2. The van der Waals surface area contributed by atoms with E-state index in [1.165, 1.54) is 12.4 Å². The highest BCUT2D eigenvalue weighted by Crippen LogP contribution is 2.43. The number of halogens is 1. The molecule has 8 aromatic rings. The smallest absolute Gasteiger partial charge is 0.340 e. The van der Waals surface area contributed by atoms with Crippen LogP contribution in [-0.2, 0) is 35.3 Å². The second-order valence-electron chi connectivity index (χ2n) is 21.2. The van der Waals surface area contributed by atoms with Crippen molar-refractivity contribution < 1.29 is 43.0 Å². The van der Waals surface area contributed by atoms with Crippen LogP contribution in [0.15, 0.2) is 97.5 Å². The van der Waals surface area contributed by atoms with Crippen LogP contribution in [0, 0.1) is 5.82 Å². The maximum absolute atomic E-state index is 16.2. The molecule has 4 aliphatic heterocycles. The molecule has 0 radical (unpaired) electrons. The number of anilines is 1. The first-order valence-electron chi connectivity index (χ1n) is 28.5. The Morgan fingerprint density at radius 2 is 1.55 bits per heavy atom. The van der Waals surface area contributed by atoms with Gasteiger partial charge < -0.3 is 36.4 Å². The Labute approximate surface area is 477 Å². The lowest BCUT2D eigenvalue weighted by molar-refractivity contribution is -0.141. The van der Waals surface area contributed by atoms with E-state index < -0.39 is 5.82 Å². The van der Waals surface area contributed by atoms with Crippen LogP contribution in [0.4, 0.5) is 10.2 Å². The number of nitrogens with one attached hydrogen (secondary N) is 3. The molecule has 4 aromatic heterocycles. The molecular formula is C60H68FN14O8+. The SMILES string of the molecule is CCNC(=O)CNC(=O)Cn1nc2c3c(cccc31)-c1cc3c(cnn3[N+]3(C(=O)CCC(=O)NCCCCCCCC(=O)N4CCCC(n5nc(-c6ccc(Oc7ccccc7)cc6)c6c(N)ncnc65)C4)CCC2CC3)cc1F.O=CO. The van der Waals surface area contributed by atoms with Gasteiger partial charge in [0.2, 0.25) is 23.6 Å². The number of likely N-dealkylation sites (N-methyl/N-ethyl adjacent to an activating group) is 1. The maximum Gasteiger partial charge on any atom is 0.340 e. The van der Waals surface area contributed by atoms with Crippen molar-refractivity contribution in [1.29, 1.82) is 0 Å². The fourth-order valence-corrected chi connectivity index (χ4v) is 11.8. The molecule has 1 atom stereocenters. The van der Waals surface area contributed by atoms with Crippen LogP contribution >= 0.6 is 0 Å². The Morgan fingerprint density at radius 1 is 0.795 bits per heavy atom. The summed E-state index contributed by atoms with van der Waals surface area (Å²) >= 11 is 0. The molecule has 0 aliphatic carbocycles. The van der Waals surface area contributed by atoms with Crippen LogP contribution in [0.5, 0.6) is 11.5 Å². The number of quaternary nitrogens is 1. The molecule has 22 nitrogen and oxygen atoms in total. The number of carbonyl (C=O) groups is 6. The molecule has 5 amide bonds. The first kappa shape index (κ1) is 57.1. The second kappa shape index (κ2) is 25.8. The summed E-state index contributed by atoms with van der Waals surface area (Å²) in [4.78, 5) is 87.5. The number of nitrogens with two attached hydrogens (primary N) is 1. The fourth-order valence-electron chi connectivity index (χ4n) is 11.8. The van der Waals surface area contributed by atoms with E-state index in [4.69, 9.17) is 35.7 Å². The molecule has 0 spiro atoms. The number of para-hydroxylation sites is 1. The van der Waals surface area contributed by atoms with Gasteiger partial charge in [-0.05, 0) is 92.8 Å². The number of unbranched alkanes of at least 4 members (excludes halogenated alkanes) is 4. The average Bonchev–Trinajstić information content (AvgIpc) is 2.41. The summed E-state index contributed by atoms with van der Waals surface area (Å²) in [6.07, 6.45) is 10.5. The summed E-state index contributed by atoms with van der Waals surface area (Å²) < 4.78 is 25.6. The Bertz CT molecular complexity index is 3670. The standard InChI is InChI=1S/C59H65FN14O6.CH2O2/c1-2-62-50(76)34-64-51(77)36-71-47-17-11-16-44-45-32-48-40(31-46(45)60)33-67-73(48)74(29-25-39(26-30-74)56(68-71)54(44)47)53(79)24-23-49(75)63-27-10-5-3-4-9-18-52(78)70-28-12-13-41(35-70)72-59-55(58(61)65-37-66-59)57(69-72)38-19-21-43(22-20-38)80-42-14-7-6-8-15-42;2-1-3/h6-8,11,14-17,19-22,31-33,37,39,41H,2-5,9-10,12-13,18,23-30,34-36H2,1H3,(H4-,61,62,63,64,65,66,69,75,76,77);1H,(H,2,3)/p+1. The van der Waals surface area contributed by atoms with Gasteiger partial charge in [0, 0.05) is 79.7 Å². The lowest BCUT2D eigenvalue weighted by Gasteiger charge is -2.39. The Morgan fingerprint density at radius 3 is 2.34 bits per heavy atom. The van der Waals surface area contributed by atoms with Crippen LogP contribution < -0.4 is 31.0 Å². The van der Waals surface area contributed by atoms with Gasteiger partial charge >= 0.3 is 5.91 Å². The molecular weight excluding hydrogens is 1060 g/mol. The van der Waals surface area contributed by atoms with Gasteiger partial charge in [0.25, 0.3) is 6.47 Å². The molecule has 8 heterocycles. The number of rotatable bonds is 20. The molecule has 83 heavy (non-hydrogen) atoms. The highest BCUT2D eigenvalue weighted by molar-refractivity contribution is 6.01. The lowest BCUT2D eigenvalue weighted by atomic mass is 9.88. The number of hydrogen-bond donors (Lipinski definition) is 5. The zero-order valence-electron chi connectivity index (χ0n) is 46.3. The summed E-state index contributed by atoms with van der Waals surface area (Å²) in [7, 11) is 0. The summed E-state index contributed by atoms with van der Waals surface area (Å²) in [6, 6.07) is 25.9. The van der Waals surface area contributed by atoms with E-state index in [9.17, 15) is 24.0 Å². The predicted molar refractivity (Wildman–Crippen MR) is 310 cm³/mol. The van der Waals surface area contributed by atoms with Crippen molar-refractivity contribution in [1.82, 2.24) is 64.9 Å². The van der Waals surface area contributed by atoms with E-state index >= 15 is 4.39 Å². The third kappa shape index (κ3) is 12.4. The van der Waals surface area contributed by atoms with Crippen molar-refractivity contribution >= 4 is 74.7 Å². The van der Waals surface area contributed by atoms with E-state index in [1.54, 1.807) is 28.7 Å². The number of piperidine rings is 2. The van der Waals surface area contributed by atoms with Crippen LogP contribution in [0.2, 0.25) is 0 Å². The van der Waals surface area contributed by atoms with Gasteiger partial charge in [-0.25, -0.2) is 23.8 Å². The minimum absolute atomic E-state index is 0.00869. The molecule has 1 unspecified atom stereocenters. The molecule has 2 saturated heterocycles. The zero-order chi connectivity index (χ0) is 58.0. The molecule has 6 N–H and O–H groups in total. The van der Waals surface area contributed by atoms with Crippen molar-refractivity contribution in [3.8, 4) is 33.9 Å². The van der Waals surface area contributed by atoms with Crippen LogP contribution in [0.1, 0.15) is 102 Å². The highest BCUT2D eigenvalue weighted by Gasteiger charge is 2.46. The summed E-state index contributed by atoms with van der Waals surface area (Å²) in [5.74, 6) is 0.294. The minimum Gasteiger partial charge on any atom is -0.483 e. The van der Waals surface area contributed by atoms with Crippen molar-refractivity contribution in [2.45, 2.75) is 102 Å². The number of nitrogen functional groups attached to an aromatic ring is 1. The third-order valence-electron chi connectivity index (χ3n) is 15.9. The van der Waals surface area contributed by atoms with E-state index in [1.807, 2.05) is 82.4 Å². The highest BCUT2D eigenvalue weighted by atomic mass is 19.1. The Balaban J connectivity index is 0.00000251. The molecule has 12 rings (SSSR count). The van der Waals surface area contributed by atoms with Gasteiger partial charge in [0.15, 0.2) is 5.65 Å². The number of ether oxygens (including phenoxy) is 1. The Hall–Kier alpha value is -9.12. The summed E-state index contributed by atoms with van der Waals surface area (Å²) in [6.45, 7) is 4.14. The third-order valence-corrected chi connectivity index (χ3v) is 15.9. The van der Waals surface area contributed by atoms with Crippen molar-refractivity contribution in [3.63, 3.8) is 0 Å². The van der Waals surface area contributed by atoms with E-state index in [0.717, 1.165) is 67.3 Å². The van der Waals surface area contributed by atoms with Gasteiger partial charge in [-0.15, -0.1) is 9.69 Å². The number of hydrogen-bond acceptors (Lipinski definition) is 13. The lowest BCUT2D eigenvalue weighted by Crippen LogP contribution is -2.65. The van der Waals surface area contributed by atoms with Crippen LogP contribution in [0.25, 0.3) is 55.2 Å². The number of aromatic nitrogens is 8.